The minimum Gasteiger partial charge on any atom is -0.351 e. The molecule has 0 bridgehead atoms. The van der Waals surface area contributed by atoms with E-state index in [0.29, 0.717) is 0 Å². The number of carbonyl (C=O) groups excluding carboxylic acids is 2. The SMILES string of the molecule is C=O.CCc1c(F)c(C)c(C)c(F)c1F.CN(C)C=O. The molecule has 1 amide bonds. The average molecular weight is 291 g/mol. The summed E-state index contributed by atoms with van der Waals surface area (Å²) in [5, 5.41) is 0. The molecule has 0 aromatic heterocycles. The number of rotatable bonds is 2. The number of halogens is 3. The first-order chi connectivity index (χ1) is 9.27. The van der Waals surface area contributed by atoms with Gasteiger partial charge in [0.25, 0.3) is 0 Å². The molecule has 0 aliphatic heterocycles. The van der Waals surface area contributed by atoms with Gasteiger partial charge in [0.1, 0.15) is 12.6 Å². The summed E-state index contributed by atoms with van der Waals surface area (Å²) in [5.74, 6) is -2.61. The average Bonchev–Trinajstić information content (AvgIpc) is 2.46. The Morgan fingerprint density at radius 2 is 1.35 bits per heavy atom. The van der Waals surface area contributed by atoms with Crippen LogP contribution < -0.4 is 0 Å². The highest BCUT2D eigenvalue weighted by atomic mass is 19.2. The molecule has 0 saturated heterocycles. The summed E-state index contributed by atoms with van der Waals surface area (Å²) in [6, 6.07) is 0. The van der Waals surface area contributed by atoms with E-state index in [2.05, 4.69) is 0 Å². The van der Waals surface area contributed by atoms with Gasteiger partial charge in [-0.15, -0.1) is 0 Å². The lowest BCUT2D eigenvalue weighted by atomic mass is 10.0. The van der Waals surface area contributed by atoms with Crippen LogP contribution in [0.2, 0.25) is 0 Å². The summed E-state index contributed by atoms with van der Waals surface area (Å²) in [7, 11) is 3.38. The summed E-state index contributed by atoms with van der Waals surface area (Å²) in [6.45, 7) is 6.41. The third-order valence-corrected chi connectivity index (χ3v) is 2.51. The van der Waals surface area contributed by atoms with Gasteiger partial charge in [-0.2, -0.15) is 0 Å². The first-order valence-electron chi connectivity index (χ1n) is 5.80. The molecule has 3 nitrogen and oxygen atoms in total. The Labute approximate surface area is 117 Å². The van der Waals surface area contributed by atoms with Crippen LogP contribution >= 0.6 is 0 Å². The molecular weight excluding hydrogens is 271 g/mol. The van der Waals surface area contributed by atoms with Crippen molar-refractivity contribution in [3.05, 3.63) is 34.1 Å². The van der Waals surface area contributed by atoms with Crippen molar-refractivity contribution in [1.82, 2.24) is 4.90 Å². The maximum Gasteiger partial charge on any atom is 0.209 e. The Balaban J connectivity index is 0. The third-order valence-electron chi connectivity index (χ3n) is 2.51. The van der Waals surface area contributed by atoms with Crippen LogP contribution in [0.4, 0.5) is 13.2 Å². The highest BCUT2D eigenvalue weighted by Gasteiger charge is 2.18. The highest BCUT2D eigenvalue weighted by molar-refractivity contribution is 5.45. The van der Waals surface area contributed by atoms with Crippen molar-refractivity contribution in [1.29, 1.82) is 0 Å². The molecule has 0 aliphatic carbocycles. The minimum absolute atomic E-state index is 0.0483. The highest BCUT2D eigenvalue weighted by Crippen LogP contribution is 2.24. The maximum absolute atomic E-state index is 13.3. The quantitative estimate of drug-likeness (QED) is 0.620. The van der Waals surface area contributed by atoms with Gasteiger partial charge in [-0.05, 0) is 31.4 Å². The Kier molecular flexibility index (Phi) is 10.2. The molecule has 0 heterocycles. The van der Waals surface area contributed by atoms with Crippen LogP contribution in [0.3, 0.4) is 0 Å². The second kappa shape index (κ2) is 10.00. The van der Waals surface area contributed by atoms with Crippen molar-refractivity contribution in [2.45, 2.75) is 27.2 Å². The van der Waals surface area contributed by atoms with E-state index in [0.717, 1.165) is 6.41 Å². The van der Waals surface area contributed by atoms with Crippen molar-refractivity contribution in [3.8, 4) is 0 Å². The van der Waals surface area contributed by atoms with E-state index in [1.54, 1.807) is 21.0 Å². The smallest absolute Gasteiger partial charge is 0.209 e. The van der Waals surface area contributed by atoms with E-state index in [1.807, 2.05) is 6.79 Å². The van der Waals surface area contributed by atoms with E-state index in [1.165, 1.54) is 18.7 Å². The second-order valence-electron chi connectivity index (χ2n) is 4.09. The predicted octanol–water partition coefficient (Wildman–Crippen LogP) is 2.80. The second-order valence-corrected chi connectivity index (χ2v) is 4.09. The monoisotopic (exact) mass is 291 g/mol. The van der Waals surface area contributed by atoms with E-state index in [4.69, 9.17) is 4.79 Å². The molecule has 0 aliphatic rings. The van der Waals surface area contributed by atoms with Gasteiger partial charge >= 0.3 is 0 Å². The van der Waals surface area contributed by atoms with E-state index >= 15 is 0 Å². The lowest BCUT2D eigenvalue weighted by Crippen LogP contribution is -2.06. The van der Waals surface area contributed by atoms with Crippen LogP contribution in [0, 0.1) is 31.3 Å². The molecule has 0 radical (unpaired) electrons. The molecule has 1 aromatic carbocycles. The van der Waals surface area contributed by atoms with Gasteiger partial charge in [0.2, 0.25) is 6.41 Å². The molecular formula is C14H20F3NO2. The number of amides is 1. The molecule has 114 valence electrons. The largest absolute Gasteiger partial charge is 0.351 e. The molecule has 0 unspecified atom stereocenters. The normalized spacial score (nSPS) is 8.80. The molecule has 0 atom stereocenters. The fourth-order valence-electron chi connectivity index (χ4n) is 1.26. The third kappa shape index (κ3) is 5.42. The molecule has 20 heavy (non-hydrogen) atoms. The standard InChI is InChI=1S/C10H11F3.C3H7NO.CH2O/c1-4-7-8(11)5(2)6(3)9(12)10(7)13;1-4(2)3-5;1-2/h4H2,1-3H3;3H,1-2H3;1H2. The summed E-state index contributed by atoms with van der Waals surface area (Å²) < 4.78 is 39.5. The lowest BCUT2D eigenvalue weighted by molar-refractivity contribution is -0.115. The zero-order chi connectivity index (χ0) is 16.5. The predicted molar refractivity (Wildman–Crippen MR) is 72.0 cm³/mol. The number of hydrogen-bond acceptors (Lipinski definition) is 2. The van der Waals surface area contributed by atoms with E-state index < -0.39 is 17.5 Å². The molecule has 0 N–H and O–H groups in total. The molecule has 0 saturated carbocycles. The molecule has 1 rings (SSSR count). The molecule has 0 spiro atoms. The number of benzene rings is 1. The number of hydrogen-bond donors (Lipinski definition) is 0. The van der Waals surface area contributed by atoms with Gasteiger partial charge in [0.05, 0.1) is 0 Å². The summed E-state index contributed by atoms with van der Waals surface area (Å²) >= 11 is 0. The zero-order valence-corrected chi connectivity index (χ0v) is 12.4. The van der Waals surface area contributed by atoms with Gasteiger partial charge in [-0.25, -0.2) is 13.2 Å². The van der Waals surface area contributed by atoms with E-state index in [-0.39, 0.29) is 23.1 Å². The Morgan fingerprint density at radius 3 is 1.65 bits per heavy atom. The van der Waals surface area contributed by atoms with Gasteiger partial charge in [-0.1, -0.05) is 6.92 Å². The number of nitrogens with zero attached hydrogens (tertiary/aromatic N) is 1. The minimum atomic E-state index is -1.05. The Hall–Kier alpha value is -1.85. The van der Waals surface area contributed by atoms with Gasteiger partial charge < -0.3 is 9.69 Å². The van der Waals surface area contributed by atoms with Crippen LogP contribution in [-0.4, -0.2) is 32.2 Å². The fraction of sp³-hybridized carbons (Fsp3) is 0.429. The summed E-state index contributed by atoms with van der Waals surface area (Å²) in [5.41, 5.74) is 0.0727. The van der Waals surface area contributed by atoms with Crippen molar-refractivity contribution >= 4 is 13.2 Å². The Bertz CT molecular complexity index is 420. The van der Waals surface area contributed by atoms with Crippen molar-refractivity contribution in [2.75, 3.05) is 14.1 Å². The van der Waals surface area contributed by atoms with Crippen molar-refractivity contribution in [3.63, 3.8) is 0 Å². The zero-order valence-electron chi connectivity index (χ0n) is 12.4. The Morgan fingerprint density at radius 1 is 1.00 bits per heavy atom. The van der Waals surface area contributed by atoms with Gasteiger partial charge in [0, 0.05) is 19.7 Å². The van der Waals surface area contributed by atoms with Crippen LogP contribution in [0.25, 0.3) is 0 Å². The van der Waals surface area contributed by atoms with Crippen LogP contribution in [0.1, 0.15) is 23.6 Å². The fourth-order valence-corrected chi connectivity index (χ4v) is 1.26. The maximum atomic E-state index is 13.3. The molecule has 6 heteroatoms. The summed E-state index contributed by atoms with van der Waals surface area (Å²) in [4.78, 5) is 18.9. The molecule has 0 fully saturated rings. The van der Waals surface area contributed by atoms with E-state index in [9.17, 15) is 18.0 Å². The van der Waals surface area contributed by atoms with Gasteiger partial charge in [-0.3, -0.25) is 4.79 Å². The first-order valence-corrected chi connectivity index (χ1v) is 5.80. The summed E-state index contributed by atoms with van der Waals surface area (Å²) in [6.07, 6.45) is 0.912. The van der Waals surface area contributed by atoms with Crippen molar-refractivity contribution in [2.24, 2.45) is 0 Å². The topological polar surface area (TPSA) is 37.4 Å². The van der Waals surface area contributed by atoms with Gasteiger partial charge in [0.15, 0.2) is 11.6 Å². The van der Waals surface area contributed by atoms with Crippen LogP contribution in [-0.2, 0) is 16.0 Å². The lowest BCUT2D eigenvalue weighted by Gasteiger charge is -2.09. The van der Waals surface area contributed by atoms with Crippen molar-refractivity contribution < 1.29 is 22.8 Å². The van der Waals surface area contributed by atoms with Crippen LogP contribution in [0.15, 0.2) is 0 Å². The molecule has 1 aromatic rings. The first kappa shape index (κ1) is 20.5. The number of carbonyl (C=O) groups is 2. The van der Waals surface area contributed by atoms with Crippen LogP contribution in [0.5, 0.6) is 0 Å².